The summed E-state index contributed by atoms with van der Waals surface area (Å²) in [7, 11) is 0. The van der Waals surface area contributed by atoms with E-state index in [1.54, 1.807) is 19.1 Å². The van der Waals surface area contributed by atoms with E-state index in [2.05, 4.69) is 10.6 Å². The van der Waals surface area contributed by atoms with Crippen LogP contribution in [0.3, 0.4) is 0 Å². The molecule has 0 spiro atoms. The first-order valence-electron chi connectivity index (χ1n) is 8.82. The summed E-state index contributed by atoms with van der Waals surface area (Å²) in [4.78, 5) is 25.1. The summed E-state index contributed by atoms with van der Waals surface area (Å²) >= 11 is 0. The monoisotopic (exact) mass is 374 g/mol. The van der Waals surface area contributed by atoms with Gasteiger partial charge in [-0.25, -0.2) is 8.78 Å². The van der Waals surface area contributed by atoms with Crippen molar-refractivity contribution in [1.82, 2.24) is 10.6 Å². The van der Waals surface area contributed by atoms with Crippen LogP contribution in [0, 0.1) is 24.5 Å². The molecule has 2 aromatic rings. The molecule has 6 heteroatoms. The van der Waals surface area contributed by atoms with E-state index in [0.29, 0.717) is 5.56 Å². The largest absolute Gasteiger partial charge is 0.348 e. The van der Waals surface area contributed by atoms with Gasteiger partial charge in [-0.3, -0.25) is 9.59 Å². The van der Waals surface area contributed by atoms with Gasteiger partial charge in [0, 0.05) is 17.2 Å². The Balaban J connectivity index is 2.10. The average Bonchev–Trinajstić information content (AvgIpc) is 2.59. The molecule has 4 nitrogen and oxygen atoms in total. The Kier molecular flexibility index (Phi) is 6.66. The van der Waals surface area contributed by atoms with Crippen molar-refractivity contribution in [3.8, 4) is 0 Å². The molecule has 2 rings (SSSR count). The number of aryl methyl sites for hydroxylation is 1. The second-order valence-electron chi connectivity index (χ2n) is 6.96. The number of nitrogens with one attached hydrogen (secondary N) is 2. The van der Waals surface area contributed by atoms with E-state index in [4.69, 9.17) is 0 Å². The highest BCUT2D eigenvalue weighted by Crippen LogP contribution is 2.18. The molecule has 0 fully saturated rings. The molecule has 2 atom stereocenters. The van der Waals surface area contributed by atoms with Crippen molar-refractivity contribution in [2.45, 2.75) is 39.8 Å². The van der Waals surface area contributed by atoms with Gasteiger partial charge in [-0.05, 0) is 38.0 Å². The van der Waals surface area contributed by atoms with Gasteiger partial charge in [0.15, 0.2) is 0 Å². The molecule has 0 aliphatic carbocycles. The van der Waals surface area contributed by atoms with Gasteiger partial charge in [0.1, 0.15) is 17.7 Å². The van der Waals surface area contributed by atoms with Gasteiger partial charge in [0.25, 0.3) is 5.91 Å². The first-order valence-corrected chi connectivity index (χ1v) is 8.82. The van der Waals surface area contributed by atoms with Crippen molar-refractivity contribution in [3.63, 3.8) is 0 Å². The second-order valence-corrected chi connectivity index (χ2v) is 6.96. The first kappa shape index (κ1) is 20.6. The molecule has 0 bridgehead atoms. The van der Waals surface area contributed by atoms with Crippen LogP contribution in [0.5, 0.6) is 0 Å². The molecule has 2 aromatic carbocycles. The average molecular weight is 374 g/mol. The van der Waals surface area contributed by atoms with E-state index in [1.807, 2.05) is 32.9 Å². The van der Waals surface area contributed by atoms with E-state index >= 15 is 0 Å². The number of carbonyl (C=O) groups is 2. The molecule has 2 amide bonds. The van der Waals surface area contributed by atoms with Crippen LogP contribution in [0.15, 0.2) is 42.5 Å². The van der Waals surface area contributed by atoms with Gasteiger partial charge < -0.3 is 10.6 Å². The Hall–Kier alpha value is -2.76. The Labute approximate surface area is 158 Å². The summed E-state index contributed by atoms with van der Waals surface area (Å²) in [6.45, 7) is 7.14. The molecular weight excluding hydrogens is 350 g/mol. The Morgan fingerprint density at radius 3 is 2.11 bits per heavy atom. The maximum absolute atomic E-state index is 13.9. The minimum atomic E-state index is -0.787. The number of hydrogen-bond acceptors (Lipinski definition) is 2. The maximum atomic E-state index is 13.9. The van der Waals surface area contributed by atoms with Crippen LogP contribution < -0.4 is 10.6 Å². The van der Waals surface area contributed by atoms with E-state index in [0.717, 1.165) is 17.7 Å². The summed E-state index contributed by atoms with van der Waals surface area (Å²) in [6, 6.07) is 8.77. The van der Waals surface area contributed by atoms with Crippen molar-refractivity contribution < 1.29 is 18.4 Å². The summed E-state index contributed by atoms with van der Waals surface area (Å²) in [6.07, 6.45) is 0. The van der Waals surface area contributed by atoms with Gasteiger partial charge >= 0.3 is 0 Å². The minimum Gasteiger partial charge on any atom is -0.348 e. The molecular formula is C21H24F2N2O2. The van der Waals surface area contributed by atoms with Crippen LogP contribution in [-0.4, -0.2) is 17.9 Å². The predicted octanol–water partition coefficient (Wildman–Crippen LogP) is 3.91. The topological polar surface area (TPSA) is 58.2 Å². The van der Waals surface area contributed by atoms with Crippen LogP contribution in [0.25, 0.3) is 0 Å². The summed E-state index contributed by atoms with van der Waals surface area (Å²) < 4.78 is 27.0. The molecule has 0 saturated carbocycles. The number of carbonyl (C=O) groups excluding carboxylic acids is 2. The summed E-state index contributed by atoms with van der Waals surface area (Å²) in [5.41, 5.74) is 1.66. The Morgan fingerprint density at radius 1 is 0.926 bits per heavy atom. The molecule has 0 aromatic heterocycles. The third-order valence-electron chi connectivity index (χ3n) is 4.34. The van der Waals surface area contributed by atoms with Crippen LogP contribution in [0.1, 0.15) is 48.3 Å². The van der Waals surface area contributed by atoms with Crippen molar-refractivity contribution in [3.05, 3.63) is 70.8 Å². The fraction of sp³-hybridized carbons (Fsp3) is 0.333. The van der Waals surface area contributed by atoms with Gasteiger partial charge in [-0.2, -0.15) is 0 Å². The van der Waals surface area contributed by atoms with Crippen LogP contribution >= 0.6 is 0 Å². The van der Waals surface area contributed by atoms with Crippen LogP contribution in [0.4, 0.5) is 8.78 Å². The molecule has 1 unspecified atom stereocenters. The van der Waals surface area contributed by atoms with E-state index in [-0.39, 0.29) is 17.4 Å². The summed E-state index contributed by atoms with van der Waals surface area (Å²) in [5.74, 6) is -2.37. The fourth-order valence-corrected chi connectivity index (χ4v) is 2.70. The molecule has 0 aliphatic rings. The van der Waals surface area contributed by atoms with E-state index < -0.39 is 29.6 Å². The first-order chi connectivity index (χ1) is 12.7. The lowest BCUT2D eigenvalue weighted by Crippen LogP contribution is -2.50. The SMILES string of the molecule is Cc1ccc(C(=O)N[C@H](C(=O)NC(C)c2ccc(F)cc2F)C(C)C)cc1. The Bertz CT molecular complexity index is 819. The number of hydrogen-bond donors (Lipinski definition) is 2. The number of amides is 2. The lowest BCUT2D eigenvalue weighted by Gasteiger charge is -2.24. The fourth-order valence-electron chi connectivity index (χ4n) is 2.70. The van der Waals surface area contributed by atoms with Crippen LogP contribution in [0.2, 0.25) is 0 Å². The van der Waals surface area contributed by atoms with Gasteiger partial charge in [0.2, 0.25) is 5.91 Å². The zero-order valence-electron chi connectivity index (χ0n) is 15.8. The van der Waals surface area contributed by atoms with Crippen molar-refractivity contribution in [2.75, 3.05) is 0 Å². The normalized spacial score (nSPS) is 13.1. The standard InChI is InChI=1S/C21H24F2N2O2/c1-12(2)19(25-20(26)15-7-5-13(3)6-8-15)21(27)24-14(4)17-10-9-16(22)11-18(17)23/h5-12,14,19H,1-4H3,(H,24,27)(H,25,26)/t14?,19-/m0/s1. The molecule has 0 heterocycles. The number of benzene rings is 2. The maximum Gasteiger partial charge on any atom is 0.251 e. The minimum absolute atomic E-state index is 0.176. The van der Waals surface area contributed by atoms with Gasteiger partial charge in [0.05, 0.1) is 6.04 Å². The van der Waals surface area contributed by atoms with E-state index in [1.165, 1.54) is 6.07 Å². The molecule has 27 heavy (non-hydrogen) atoms. The highest BCUT2D eigenvalue weighted by Gasteiger charge is 2.26. The van der Waals surface area contributed by atoms with Crippen molar-refractivity contribution >= 4 is 11.8 Å². The molecule has 2 N–H and O–H groups in total. The molecule has 0 aliphatic heterocycles. The summed E-state index contributed by atoms with van der Waals surface area (Å²) in [5, 5.41) is 5.42. The predicted molar refractivity (Wildman–Crippen MR) is 100 cm³/mol. The number of halogens is 2. The van der Waals surface area contributed by atoms with Gasteiger partial charge in [-0.1, -0.05) is 37.6 Å². The quantitative estimate of drug-likeness (QED) is 0.806. The molecule has 0 radical (unpaired) electrons. The van der Waals surface area contributed by atoms with E-state index in [9.17, 15) is 18.4 Å². The number of rotatable bonds is 6. The Morgan fingerprint density at radius 2 is 1.56 bits per heavy atom. The highest BCUT2D eigenvalue weighted by molar-refractivity contribution is 5.97. The third kappa shape index (κ3) is 5.36. The highest BCUT2D eigenvalue weighted by atomic mass is 19.1. The van der Waals surface area contributed by atoms with Gasteiger partial charge in [-0.15, -0.1) is 0 Å². The zero-order valence-corrected chi connectivity index (χ0v) is 15.8. The molecule has 0 saturated heterocycles. The lowest BCUT2D eigenvalue weighted by atomic mass is 10.0. The van der Waals surface area contributed by atoms with Crippen molar-refractivity contribution in [1.29, 1.82) is 0 Å². The van der Waals surface area contributed by atoms with Crippen molar-refractivity contribution in [2.24, 2.45) is 5.92 Å². The van der Waals surface area contributed by atoms with Crippen LogP contribution in [-0.2, 0) is 4.79 Å². The third-order valence-corrected chi connectivity index (χ3v) is 4.34. The second kappa shape index (κ2) is 8.75. The smallest absolute Gasteiger partial charge is 0.251 e. The molecule has 144 valence electrons. The zero-order chi connectivity index (χ0) is 20.1. The lowest BCUT2D eigenvalue weighted by molar-refractivity contribution is -0.124.